The molecular weight excluding hydrogens is 245 g/mol. The Morgan fingerprint density at radius 1 is 1.21 bits per heavy atom. The number of pyridine rings is 2. The number of nitrogens with zero attached hydrogens (tertiary/aromatic N) is 2. The van der Waals surface area contributed by atoms with E-state index in [1.54, 1.807) is 31.8 Å². The van der Waals surface area contributed by atoms with E-state index in [1.165, 1.54) is 6.20 Å². The molecule has 2 aromatic heterocycles. The van der Waals surface area contributed by atoms with Crippen LogP contribution in [0.2, 0.25) is 0 Å². The lowest BCUT2D eigenvalue weighted by molar-refractivity contribution is 0.401. The van der Waals surface area contributed by atoms with Crippen molar-refractivity contribution in [1.82, 2.24) is 15.3 Å². The summed E-state index contributed by atoms with van der Waals surface area (Å²) < 4.78 is 19.2. The molecule has 0 saturated carbocycles. The molecule has 2 heterocycles. The smallest absolute Gasteiger partial charge is 0.146 e. The van der Waals surface area contributed by atoms with Gasteiger partial charge in [-0.1, -0.05) is 6.92 Å². The number of hydrogen-bond donors (Lipinski definition) is 1. The Morgan fingerprint density at radius 3 is 2.53 bits per heavy atom. The Morgan fingerprint density at radius 2 is 1.89 bits per heavy atom. The maximum atomic E-state index is 13.9. The zero-order valence-corrected chi connectivity index (χ0v) is 10.9. The molecule has 1 unspecified atom stereocenters. The van der Waals surface area contributed by atoms with E-state index in [2.05, 4.69) is 15.3 Å². The summed E-state index contributed by atoms with van der Waals surface area (Å²) in [6.07, 6.45) is 6.09. The molecule has 1 atom stereocenters. The molecule has 0 spiro atoms. The van der Waals surface area contributed by atoms with Crippen molar-refractivity contribution >= 4 is 0 Å². The van der Waals surface area contributed by atoms with E-state index in [-0.39, 0.29) is 11.9 Å². The average molecular weight is 261 g/mol. The minimum absolute atomic E-state index is 0.286. The van der Waals surface area contributed by atoms with Gasteiger partial charge in [-0.05, 0) is 18.7 Å². The van der Waals surface area contributed by atoms with E-state index in [1.807, 2.05) is 13.0 Å². The van der Waals surface area contributed by atoms with E-state index in [4.69, 9.17) is 4.74 Å². The Labute approximate surface area is 111 Å². The summed E-state index contributed by atoms with van der Waals surface area (Å²) >= 11 is 0. The summed E-state index contributed by atoms with van der Waals surface area (Å²) in [5, 5.41) is 3.26. The molecule has 1 N–H and O–H groups in total. The maximum Gasteiger partial charge on any atom is 0.146 e. The summed E-state index contributed by atoms with van der Waals surface area (Å²) in [6, 6.07) is 3.21. The van der Waals surface area contributed by atoms with Crippen LogP contribution in [0, 0.1) is 5.82 Å². The van der Waals surface area contributed by atoms with Crippen LogP contribution in [0.1, 0.15) is 24.1 Å². The first-order valence-electron chi connectivity index (χ1n) is 6.08. The standard InChI is InChI=1S/C14H16FN3O/c1-3-18-14(10-4-6-16-8-12(10)15)11-5-7-17-9-13(11)19-2/h4-9,14,18H,3H2,1-2H3. The van der Waals surface area contributed by atoms with E-state index >= 15 is 0 Å². The Balaban J connectivity index is 2.49. The average Bonchev–Trinajstić information content (AvgIpc) is 2.46. The van der Waals surface area contributed by atoms with Crippen LogP contribution in [0.3, 0.4) is 0 Å². The second kappa shape index (κ2) is 6.24. The van der Waals surface area contributed by atoms with Gasteiger partial charge in [-0.25, -0.2) is 4.39 Å². The van der Waals surface area contributed by atoms with E-state index in [0.29, 0.717) is 17.9 Å². The quantitative estimate of drug-likeness (QED) is 0.897. The van der Waals surface area contributed by atoms with Crippen LogP contribution in [0.15, 0.2) is 36.9 Å². The molecule has 0 amide bonds. The molecule has 5 heteroatoms. The second-order valence-corrected chi connectivity index (χ2v) is 4.01. The SMILES string of the molecule is CCNC(c1ccncc1F)c1ccncc1OC. The highest BCUT2D eigenvalue weighted by molar-refractivity contribution is 5.39. The summed E-state index contributed by atoms with van der Waals surface area (Å²) in [6.45, 7) is 2.68. The topological polar surface area (TPSA) is 47.0 Å². The molecule has 0 aromatic carbocycles. The van der Waals surface area contributed by atoms with Gasteiger partial charge in [-0.2, -0.15) is 0 Å². The van der Waals surface area contributed by atoms with Gasteiger partial charge in [0.25, 0.3) is 0 Å². The summed E-state index contributed by atoms with van der Waals surface area (Å²) in [5.41, 5.74) is 1.39. The largest absolute Gasteiger partial charge is 0.495 e. The molecule has 2 rings (SSSR count). The van der Waals surface area contributed by atoms with Crippen LogP contribution in [0.4, 0.5) is 4.39 Å². The fourth-order valence-electron chi connectivity index (χ4n) is 2.01. The third-order valence-corrected chi connectivity index (χ3v) is 2.87. The monoisotopic (exact) mass is 261 g/mol. The van der Waals surface area contributed by atoms with Gasteiger partial charge in [-0.15, -0.1) is 0 Å². The minimum atomic E-state index is -0.340. The van der Waals surface area contributed by atoms with E-state index in [9.17, 15) is 4.39 Å². The number of rotatable bonds is 5. The van der Waals surface area contributed by atoms with Crippen LogP contribution in [-0.4, -0.2) is 23.6 Å². The normalized spacial score (nSPS) is 12.2. The highest BCUT2D eigenvalue weighted by Gasteiger charge is 2.20. The highest BCUT2D eigenvalue weighted by atomic mass is 19.1. The highest BCUT2D eigenvalue weighted by Crippen LogP contribution is 2.30. The lowest BCUT2D eigenvalue weighted by Gasteiger charge is -2.21. The van der Waals surface area contributed by atoms with Crippen molar-refractivity contribution in [3.63, 3.8) is 0 Å². The predicted molar refractivity (Wildman–Crippen MR) is 70.5 cm³/mol. The molecule has 4 nitrogen and oxygen atoms in total. The maximum absolute atomic E-state index is 13.9. The molecule has 0 bridgehead atoms. The van der Waals surface area contributed by atoms with Crippen LogP contribution in [-0.2, 0) is 0 Å². The van der Waals surface area contributed by atoms with Gasteiger partial charge < -0.3 is 10.1 Å². The third kappa shape index (κ3) is 2.88. The molecule has 0 aliphatic carbocycles. The minimum Gasteiger partial charge on any atom is -0.495 e. The molecule has 19 heavy (non-hydrogen) atoms. The van der Waals surface area contributed by atoms with Crippen molar-refractivity contribution in [1.29, 1.82) is 0 Å². The zero-order valence-electron chi connectivity index (χ0n) is 10.9. The molecule has 0 aliphatic heterocycles. The van der Waals surface area contributed by atoms with Crippen molar-refractivity contribution in [2.75, 3.05) is 13.7 Å². The van der Waals surface area contributed by atoms with Crippen molar-refractivity contribution in [3.05, 3.63) is 53.9 Å². The molecule has 0 radical (unpaired) electrons. The first kappa shape index (κ1) is 13.4. The van der Waals surface area contributed by atoms with Gasteiger partial charge in [0.15, 0.2) is 0 Å². The van der Waals surface area contributed by atoms with E-state index in [0.717, 1.165) is 5.56 Å². The Kier molecular flexibility index (Phi) is 4.41. The van der Waals surface area contributed by atoms with Crippen molar-refractivity contribution < 1.29 is 9.13 Å². The Bertz CT molecular complexity index is 548. The number of hydrogen-bond acceptors (Lipinski definition) is 4. The molecule has 100 valence electrons. The van der Waals surface area contributed by atoms with Gasteiger partial charge in [-0.3, -0.25) is 9.97 Å². The van der Waals surface area contributed by atoms with Crippen LogP contribution in [0.25, 0.3) is 0 Å². The van der Waals surface area contributed by atoms with Gasteiger partial charge in [0.05, 0.1) is 25.5 Å². The lowest BCUT2D eigenvalue weighted by atomic mass is 9.99. The number of ether oxygens (including phenoxy) is 1. The number of nitrogens with one attached hydrogen (secondary N) is 1. The fraction of sp³-hybridized carbons (Fsp3) is 0.286. The number of methoxy groups -OCH3 is 1. The van der Waals surface area contributed by atoms with Crippen LogP contribution < -0.4 is 10.1 Å². The van der Waals surface area contributed by atoms with Gasteiger partial charge >= 0.3 is 0 Å². The van der Waals surface area contributed by atoms with Gasteiger partial charge in [0.1, 0.15) is 11.6 Å². The zero-order chi connectivity index (χ0) is 13.7. The van der Waals surface area contributed by atoms with Crippen LogP contribution >= 0.6 is 0 Å². The third-order valence-electron chi connectivity index (χ3n) is 2.87. The molecule has 0 fully saturated rings. The first-order valence-corrected chi connectivity index (χ1v) is 6.08. The lowest BCUT2D eigenvalue weighted by Crippen LogP contribution is -2.23. The predicted octanol–water partition coefficient (Wildman–Crippen LogP) is 2.32. The summed E-state index contributed by atoms with van der Waals surface area (Å²) in [7, 11) is 1.58. The number of aromatic nitrogens is 2. The summed E-state index contributed by atoms with van der Waals surface area (Å²) in [4.78, 5) is 7.79. The molecule has 0 aliphatic rings. The first-order chi connectivity index (χ1) is 9.27. The number of halogens is 1. The van der Waals surface area contributed by atoms with Crippen molar-refractivity contribution in [2.45, 2.75) is 13.0 Å². The van der Waals surface area contributed by atoms with Gasteiger partial charge in [0, 0.05) is 23.5 Å². The molecule has 2 aromatic rings. The van der Waals surface area contributed by atoms with Crippen molar-refractivity contribution in [3.8, 4) is 5.75 Å². The van der Waals surface area contributed by atoms with E-state index < -0.39 is 0 Å². The summed E-state index contributed by atoms with van der Waals surface area (Å²) in [5.74, 6) is 0.289. The van der Waals surface area contributed by atoms with Crippen LogP contribution in [0.5, 0.6) is 5.75 Å². The second-order valence-electron chi connectivity index (χ2n) is 4.01. The molecule has 0 saturated heterocycles. The van der Waals surface area contributed by atoms with Gasteiger partial charge in [0.2, 0.25) is 0 Å². The fourth-order valence-corrected chi connectivity index (χ4v) is 2.01. The molecular formula is C14H16FN3O. The van der Waals surface area contributed by atoms with Crippen molar-refractivity contribution in [2.24, 2.45) is 0 Å². The Hall–Kier alpha value is -2.01.